The number of aliphatic hydroxyl groups is 1. The molecule has 1 N–H and O–H groups in total. The summed E-state index contributed by atoms with van der Waals surface area (Å²) in [5.41, 5.74) is 0.547. The van der Waals surface area contributed by atoms with Crippen molar-refractivity contribution >= 4 is 31.5 Å². The Morgan fingerprint density at radius 1 is 1.06 bits per heavy atom. The molecule has 4 rings (SSSR count). The molecule has 3 aliphatic rings. The van der Waals surface area contributed by atoms with E-state index in [0.29, 0.717) is 35.6 Å². The third-order valence-corrected chi connectivity index (χ3v) is 13.6. The van der Waals surface area contributed by atoms with E-state index >= 15 is 0 Å². The van der Waals surface area contributed by atoms with Crippen molar-refractivity contribution in [2.45, 2.75) is 57.1 Å². The van der Waals surface area contributed by atoms with Crippen LogP contribution in [-0.4, -0.2) is 74.8 Å². The number of amides is 1. The number of halogens is 3. The van der Waals surface area contributed by atoms with Crippen molar-refractivity contribution in [1.82, 2.24) is 9.80 Å². The van der Waals surface area contributed by atoms with E-state index in [0.717, 1.165) is 29.4 Å². The van der Waals surface area contributed by atoms with Crippen LogP contribution in [0.4, 0.5) is 8.78 Å². The number of hydrogen-bond acceptors (Lipinski definition) is 4. The molecular formula is C26H33F2IN2O3. The Balaban J connectivity index is 1.45. The maximum absolute atomic E-state index is 13.8. The molecule has 2 fully saturated rings. The number of benzene rings is 1. The van der Waals surface area contributed by atoms with Crippen molar-refractivity contribution in [2.24, 2.45) is 0 Å². The van der Waals surface area contributed by atoms with Crippen LogP contribution < -0.4 is 0 Å². The van der Waals surface area contributed by atoms with E-state index in [1.165, 1.54) is 3.58 Å². The van der Waals surface area contributed by atoms with Crippen LogP contribution in [0.3, 0.4) is 0 Å². The van der Waals surface area contributed by atoms with Crippen LogP contribution in [0.5, 0.6) is 0 Å². The first kappa shape index (κ1) is 25.4. The Kier molecular flexibility index (Phi) is 6.81. The fourth-order valence-corrected chi connectivity index (χ4v) is 12.6. The summed E-state index contributed by atoms with van der Waals surface area (Å²) < 4.78 is 30.0. The summed E-state index contributed by atoms with van der Waals surface area (Å²) in [6.45, 7) is 6.17. The van der Waals surface area contributed by atoms with Crippen LogP contribution in [0.15, 0.2) is 43.6 Å². The summed E-state index contributed by atoms with van der Waals surface area (Å²) in [6, 6.07) is 7.41. The van der Waals surface area contributed by atoms with Crippen molar-refractivity contribution in [3.63, 3.8) is 0 Å². The van der Waals surface area contributed by atoms with Gasteiger partial charge in [0, 0.05) is 0 Å². The maximum atomic E-state index is 13.8. The first-order valence-electron chi connectivity index (χ1n) is 11.6. The fraction of sp³-hybridized carbons (Fsp3) is 0.538. The molecule has 2 saturated heterocycles. The average Bonchev–Trinajstić information content (AvgIpc) is 3.19. The Hall–Kier alpha value is -1.65. The van der Waals surface area contributed by atoms with Gasteiger partial charge in [0.1, 0.15) is 0 Å². The molecule has 0 radical (unpaired) electrons. The van der Waals surface area contributed by atoms with Gasteiger partial charge >= 0.3 is 189 Å². The van der Waals surface area contributed by atoms with Gasteiger partial charge in [-0.25, -0.2) is 0 Å². The minimum atomic E-state index is -3.33. The normalized spacial score (nSPS) is 21.9. The van der Waals surface area contributed by atoms with E-state index in [2.05, 4.69) is 11.9 Å². The van der Waals surface area contributed by atoms with E-state index < -0.39 is 37.1 Å². The standard InChI is InChI=1S/C26H33F2IN2O3/c1-24(2,34)17-18-5-7-19(8-6-18)23(33)31-14-11-26(12-15-31)21-10-9-20(22(32)25(3,27)28)29(21)13-16-30(26)4/h5-10,34H,11-17H2,1-4H3. The zero-order valence-electron chi connectivity index (χ0n) is 20.2. The predicted molar refractivity (Wildman–Crippen MR) is 138 cm³/mol. The quantitative estimate of drug-likeness (QED) is 0.410. The number of rotatable bonds is 5. The molecule has 1 amide bonds. The first-order chi connectivity index (χ1) is 15.8. The van der Waals surface area contributed by atoms with Crippen molar-refractivity contribution in [2.75, 3.05) is 31.1 Å². The SMILES string of the molecule is CN1CCI2C(C(=O)C(C)(F)F)=CC=C2C12CCN(C(=O)c1ccc(CC(C)(C)O)cc1)CC2. The van der Waals surface area contributed by atoms with E-state index in [-0.39, 0.29) is 11.4 Å². The molecule has 5 nitrogen and oxygen atoms in total. The molecule has 0 atom stereocenters. The summed E-state index contributed by atoms with van der Waals surface area (Å²) in [7, 11) is 2.07. The van der Waals surface area contributed by atoms with Gasteiger partial charge in [-0.1, -0.05) is 0 Å². The summed E-state index contributed by atoms with van der Waals surface area (Å²) in [4.78, 5) is 29.7. The Bertz CT molecular complexity index is 1030. The molecule has 0 bridgehead atoms. The Morgan fingerprint density at radius 2 is 1.68 bits per heavy atom. The van der Waals surface area contributed by atoms with Gasteiger partial charge in [0.15, 0.2) is 0 Å². The summed E-state index contributed by atoms with van der Waals surface area (Å²) in [5, 5.41) is 10.0. The molecule has 0 unspecified atom stereocenters. The number of nitrogens with zero attached hydrogens (tertiary/aromatic N) is 2. The minimum absolute atomic E-state index is 0.0153. The van der Waals surface area contributed by atoms with Gasteiger partial charge in [-0.15, -0.1) is 0 Å². The molecule has 1 spiro atoms. The van der Waals surface area contributed by atoms with Crippen molar-refractivity contribution < 1.29 is 23.5 Å². The number of fused-ring (bicyclic) bond motifs is 2. The van der Waals surface area contributed by atoms with E-state index in [4.69, 9.17) is 0 Å². The van der Waals surface area contributed by atoms with Gasteiger partial charge in [-0.2, -0.15) is 0 Å². The van der Waals surface area contributed by atoms with Crippen molar-refractivity contribution in [1.29, 1.82) is 0 Å². The molecule has 34 heavy (non-hydrogen) atoms. The number of allylic oxidation sites excluding steroid dienone is 3. The molecule has 1 aromatic rings. The number of likely N-dealkylation sites (tertiary alicyclic amines) is 1. The van der Waals surface area contributed by atoms with Crippen LogP contribution in [0.2, 0.25) is 0 Å². The second-order valence-electron chi connectivity index (χ2n) is 10.2. The Morgan fingerprint density at radius 3 is 2.24 bits per heavy atom. The summed E-state index contributed by atoms with van der Waals surface area (Å²) in [6.07, 6.45) is 5.60. The van der Waals surface area contributed by atoms with Crippen LogP contribution >= 0.6 is 19.8 Å². The number of hydrogen-bond donors (Lipinski definition) is 1. The molecule has 186 valence electrons. The number of Topliss-reactive ketones (excluding diaryl/α,β-unsaturated/α-hetero) is 1. The molecule has 0 aromatic heterocycles. The first-order valence-corrected chi connectivity index (χ1v) is 15.3. The van der Waals surface area contributed by atoms with Gasteiger partial charge in [0.25, 0.3) is 0 Å². The number of likely N-dealkylation sites (N-methyl/N-ethyl adjacent to an activating group) is 1. The molecule has 0 aliphatic carbocycles. The predicted octanol–water partition coefficient (Wildman–Crippen LogP) is 4.43. The Labute approximate surface area is 207 Å². The number of carbonyl (C=O) groups excluding carboxylic acids is 2. The average molecular weight is 586 g/mol. The van der Waals surface area contributed by atoms with E-state index in [9.17, 15) is 23.5 Å². The summed E-state index contributed by atoms with van der Waals surface area (Å²) in [5.74, 6) is -4.36. The van der Waals surface area contributed by atoms with Gasteiger partial charge in [0.2, 0.25) is 0 Å². The van der Waals surface area contributed by atoms with Gasteiger partial charge in [0.05, 0.1) is 0 Å². The van der Waals surface area contributed by atoms with Gasteiger partial charge in [-0.05, 0) is 13.8 Å². The van der Waals surface area contributed by atoms with Gasteiger partial charge in [-0.3, -0.25) is 0 Å². The van der Waals surface area contributed by atoms with E-state index in [1.54, 1.807) is 19.9 Å². The monoisotopic (exact) mass is 586 g/mol. The number of alkyl halides is 3. The second kappa shape index (κ2) is 9.09. The van der Waals surface area contributed by atoms with E-state index in [1.807, 2.05) is 35.2 Å². The second-order valence-corrected chi connectivity index (χ2v) is 15.7. The van der Waals surface area contributed by atoms with Crippen LogP contribution in [0.1, 0.15) is 49.5 Å². The third kappa shape index (κ3) is 4.86. The van der Waals surface area contributed by atoms with Gasteiger partial charge < -0.3 is 5.11 Å². The fourth-order valence-electron chi connectivity index (χ4n) is 5.12. The zero-order valence-corrected chi connectivity index (χ0v) is 22.4. The molecule has 8 heteroatoms. The number of carbonyl (C=O) groups is 2. The number of piperidine rings is 1. The van der Waals surface area contributed by atoms with Crippen LogP contribution in [0.25, 0.3) is 0 Å². The summed E-state index contributed by atoms with van der Waals surface area (Å²) >= 11 is -2.16. The molecular weight excluding hydrogens is 553 g/mol. The van der Waals surface area contributed by atoms with Crippen LogP contribution in [-0.2, 0) is 11.2 Å². The zero-order chi connectivity index (χ0) is 24.9. The molecule has 3 heterocycles. The molecule has 3 aliphatic heterocycles. The third-order valence-electron chi connectivity index (χ3n) is 6.98. The topological polar surface area (TPSA) is 60.9 Å². The van der Waals surface area contributed by atoms with Crippen molar-refractivity contribution in [3.05, 3.63) is 54.7 Å². The van der Waals surface area contributed by atoms with Crippen molar-refractivity contribution in [3.8, 4) is 0 Å². The number of ketones is 1. The molecule has 0 saturated carbocycles. The molecule has 1 aromatic carbocycles. The van der Waals surface area contributed by atoms with Crippen LogP contribution in [0, 0.1) is 0 Å².